The first-order valence-electron chi connectivity index (χ1n) is 21.0. The maximum atomic E-state index is 12.7. The van der Waals surface area contributed by atoms with E-state index in [1.165, 1.54) is 70.6 Å². The van der Waals surface area contributed by atoms with Crippen molar-refractivity contribution in [2.75, 3.05) is 41.0 Å². The van der Waals surface area contributed by atoms with Crippen LogP contribution < -0.4 is 0 Å². The Morgan fingerprint density at radius 2 is 1.08 bits per heavy atom. The molecule has 0 aliphatic rings. The number of allylic oxidation sites excluding steroid dienone is 6. The van der Waals surface area contributed by atoms with E-state index >= 15 is 0 Å². The number of carbonyl (C=O) groups is 3. The molecule has 302 valence electrons. The number of esters is 2. The fraction of sp³-hybridized carbons (Fsp3) is 0.795. The number of likely N-dealkylation sites (N-methyl/N-ethyl adjacent to an activating group) is 1. The number of hydrogen-bond acceptors (Lipinski definition) is 6. The van der Waals surface area contributed by atoms with Crippen LogP contribution in [0.4, 0.5) is 0 Å². The van der Waals surface area contributed by atoms with E-state index in [4.69, 9.17) is 14.2 Å². The van der Waals surface area contributed by atoms with Gasteiger partial charge in [-0.3, -0.25) is 9.59 Å². The lowest BCUT2D eigenvalue weighted by Crippen LogP contribution is -2.50. The first kappa shape index (κ1) is 49.6. The van der Waals surface area contributed by atoms with E-state index in [-0.39, 0.29) is 36.2 Å². The number of aliphatic carboxylic acids is 1. The fourth-order valence-corrected chi connectivity index (χ4v) is 6.05. The van der Waals surface area contributed by atoms with Crippen molar-refractivity contribution in [2.24, 2.45) is 0 Å². The van der Waals surface area contributed by atoms with E-state index < -0.39 is 18.1 Å². The number of unbranched alkanes of at least 4 members (excludes halogenated alkanes) is 17. The zero-order valence-corrected chi connectivity index (χ0v) is 34.3. The van der Waals surface area contributed by atoms with Gasteiger partial charge in [0, 0.05) is 19.3 Å². The molecule has 2 unspecified atom stereocenters. The molecule has 0 rings (SSSR count). The van der Waals surface area contributed by atoms with E-state index in [0.29, 0.717) is 19.3 Å². The van der Waals surface area contributed by atoms with Crippen LogP contribution in [0, 0.1) is 0 Å². The molecule has 0 aliphatic heterocycles. The Morgan fingerprint density at radius 3 is 1.60 bits per heavy atom. The molecule has 0 amide bonds. The minimum atomic E-state index is -0.877. The standard InChI is InChI=1S/C44H79NO7/c1-6-8-10-12-14-16-18-20-21-22-23-25-26-28-30-32-34-42(46)51-39-40(38-50-37-36-41(44(48)49)45(3,4)5)52-43(47)35-33-31-29-27-24-19-17-15-13-11-9-7-2/h8,10,14,16,20-21,40-41H,6-7,9,11-13,15,17-19,22-39H2,1-5H3/p+1/b10-8+,16-14+,21-20+. The summed E-state index contributed by atoms with van der Waals surface area (Å²) in [5.74, 6) is -1.48. The van der Waals surface area contributed by atoms with Crippen molar-refractivity contribution < 1.29 is 38.2 Å². The van der Waals surface area contributed by atoms with Crippen LogP contribution in [-0.2, 0) is 28.6 Å². The van der Waals surface area contributed by atoms with Crippen LogP contribution in [0.2, 0.25) is 0 Å². The Hall–Kier alpha value is -2.45. The first-order valence-corrected chi connectivity index (χ1v) is 21.0. The monoisotopic (exact) mass is 735 g/mol. The molecular formula is C44H80NO7+. The third-order valence-corrected chi connectivity index (χ3v) is 9.30. The zero-order valence-electron chi connectivity index (χ0n) is 34.3. The molecule has 0 aromatic carbocycles. The topological polar surface area (TPSA) is 99.1 Å². The Kier molecular flexibility index (Phi) is 33.9. The highest BCUT2D eigenvalue weighted by Gasteiger charge is 2.31. The van der Waals surface area contributed by atoms with Crippen molar-refractivity contribution in [2.45, 2.75) is 187 Å². The van der Waals surface area contributed by atoms with Crippen molar-refractivity contribution in [3.8, 4) is 0 Å². The van der Waals surface area contributed by atoms with Gasteiger partial charge in [0.25, 0.3) is 0 Å². The zero-order chi connectivity index (χ0) is 38.5. The normalized spacial score (nSPS) is 13.3. The van der Waals surface area contributed by atoms with Gasteiger partial charge < -0.3 is 23.8 Å². The molecular weight excluding hydrogens is 654 g/mol. The molecule has 0 aliphatic carbocycles. The molecule has 2 atom stereocenters. The third-order valence-electron chi connectivity index (χ3n) is 9.30. The number of quaternary nitrogens is 1. The van der Waals surface area contributed by atoms with Crippen LogP contribution in [0.1, 0.15) is 174 Å². The van der Waals surface area contributed by atoms with Crippen LogP contribution >= 0.6 is 0 Å². The Bertz CT molecular complexity index is 953. The first-order chi connectivity index (χ1) is 25.1. The molecule has 0 fully saturated rings. The summed E-state index contributed by atoms with van der Waals surface area (Å²) in [5, 5.41) is 9.60. The summed E-state index contributed by atoms with van der Waals surface area (Å²) >= 11 is 0. The lowest BCUT2D eigenvalue weighted by Gasteiger charge is -2.31. The van der Waals surface area contributed by atoms with Gasteiger partial charge in [-0.2, -0.15) is 0 Å². The third kappa shape index (κ3) is 33.4. The molecule has 0 radical (unpaired) electrons. The highest BCUT2D eigenvalue weighted by Crippen LogP contribution is 2.14. The quantitative estimate of drug-likeness (QED) is 0.0293. The summed E-state index contributed by atoms with van der Waals surface area (Å²) in [4.78, 5) is 36.9. The van der Waals surface area contributed by atoms with Crippen LogP contribution in [0.25, 0.3) is 0 Å². The van der Waals surface area contributed by atoms with Crippen molar-refractivity contribution in [3.05, 3.63) is 36.5 Å². The van der Waals surface area contributed by atoms with E-state index in [1.54, 1.807) is 0 Å². The number of nitrogens with zero attached hydrogens (tertiary/aromatic N) is 1. The van der Waals surface area contributed by atoms with Crippen LogP contribution in [0.3, 0.4) is 0 Å². The van der Waals surface area contributed by atoms with Crippen molar-refractivity contribution in [1.82, 2.24) is 0 Å². The molecule has 0 bridgehead atoms. The molecule has 0 aromatic rings. The fourth-order valence-electron chi connectivity index (χ4n) is 6.05. The van der Waals surface area contributed by atoms with E-state index in [2.05, 4.69) is 50.3 Å². The number of carboxylic acids is 1. The molecule has 0 heterocycles. The second kappa shape index (κ2) is 35.6. The Balaban J connectivity index is 4.37. The second-order valence-corrected chi connectivity index (χ2v) is 15.2. The van der Waals surface area contributed by atoms with Crippen molar-refractivity contribution >= 4 is 17.9 Å². The van der Waals surface area contributed by atoms with E-state index in [1.807, 2.05) is 21.1 Å². The summed E-state index contributed by atoms with van der Waals surface area (Å²) in [6.45, 7) is 4.61. The number of rotatable bonds is 37. The molecule has 0 aromatic heterocycles. The highest BCUT2D eigenvalue weighted by atomic mass is 16.6. The van der Waals surface area contributed by atoms with Gasteiger partial charge in [-0.05, 0) is 44.9 Å². The van der Waals surface area contributed by atoms with Gasteiger partial charge in [-0.1, -0.05) is 147 Å². The largest absolute Gasteiger partial charge is 0.477 e. The van der Waals surface area contributed by atoms with Crippen molar-refractivity contribution in [1.29, 1.82) is 0 Å². The molecule has 8 heteroatoms. The van der Waals surface area contributed by atoms with Crippen LogP contribution in [0.15, 0.2) is 36.5 Å². The number of ether oxygens (including phenoxy) is 3. The molecule has 8 nitrogen and oxygen atoms in total. The van der Waals surface area contributed by atoms with Gasteiger partial charge in [0.1, 0.15) is 6.61 Å². The average molecular weight is 735 g/mol. The predicted octanol–water partition coefficient (Wildman–Crippen LogP) is 11.1. The molecule has 0 spiro atoms. The number of hydrogen-bond donors (Lipinski definition) is 1. The number of carbonyl (C=O) groups excluding carboxylic acids is 2. The molecule has 0 saturated carbocycles. The van der Waals surface area contributed by atoms with Crippen LogP contribution in [-0.4, -0.2) is 80.6 Å². The Morgan fingerprint density at radius 1 is 0.596 bits per heavy atom. The van der Waals surface area contributed by atoms with Gasteiger partial charge >= 0.3 is 17.9 Å². The highest BCUT2D eigenvalue weighted by molar-refractivity contribution is 5.72. The summed E-state index contributed by atoms with van der Waals surface area (Å²) < 4.78 is 17.2. The lowest BCUT2D eigenvalue weighted by atomic mass is 10.0. The van der Waals surface area contributed by atoms with Gasteiger partial charge in [-0.15, -0.1) is 0 Å². The maximum absolute atomic E-state index is 12.7. The SMILES string of the molecule is CC/C=C/C/C=C/C/C=C/CCCCCCCCC(=O)OCC(COCCC(C(=O)O)[N+](C)(C)C)OC(=O)CCCCCCCCCCCCCC. The summed E-state index contributed by atoms with van der Waals surface area (Å²) in [7, 11) is 5.52. The van der Waals surface area contributed by atoms with Gasteiger partial charge in [0.05, 0.1) is 34.4 Å². The van der Waals surface area contributed by atoms with E-state index in [9.17, 15) is 19.5 Å². The second-order valence-electron chi connectivity index (χ2n) is 15.2. The minimum absolute atomic E-state index is 0.0556. The summed E-state index contributed by atoms with van der Waals surface area (Å²) in [6, 6.07) is -0.614. The molecule has 0 saturated heterocycles. The smallest absolute Gasteiger partial charge is 0.362 e. The van der Waals surface area contributed by atoms with E-state index in [0.717, 1.165) is 70.6 Å². The predicted molar refractivity (Wildman–Crippen MR) is 215 cm³/mol. The average Bonchev–Trinajstić information content (AvgIpc) is 3.09. The minimum Gasteiger partial charge on any atom is -0.477 e. The lowest BCUT2D eigenvalue weighted by molar-refractivity contribution is -0.887. The number of carboxylic acid groups (broad SMARTS) is 1. The summed E-state index contributed by atoms with van der Waals surface area (Å²) in [6.07, 6.45) is 38.9. The summed E-state index contributed by atoms with van der Waals surface area (Å²) in [5.41, 5.74) is 0. The maximum Gasteiger partial charge on any atom is 0.362 e. The van der Waals surface area contributed by atoms with Gasteiger partial charge in [0.2, 0.25) is 0 Å². The molecule has 1 N–H and O–H groups in total. The van der Waals surface area contributed by atoms with Crippen LogP contribution in [0.5, 0.6) is 0 Å². The molecule has 52 heavy (non-hydrogen) atoms. The van der Waals surface area contributed by atoms with Gasteiger partial charge in [-0.25, -0.2) is 4.79 Å². The Labute approximate surface area is 319 Å². The van der Waals surface area contributed by atoms with Crippen molar-refractivity contribution in [3.63, 3.8) is 0 Å². The van der Waals surface area contributed by atoms with Gasteiger partial charge in [0.15, 0.2) is 12.1 Å².